The molecule has 0 aliphatic carbocycles. The molecule has 6 heteroatoms. The lowest BCUT2D eigenvalue weighted by molar-refractivity contribution is -0.137. The molecule has 0 spiro atoms. The average Bonchev–Trinajstić information content (AvgIpc) is 2.86. The van der Waals surface area contributed by atoms with Crippen molar-refractivity contribution in [2.45, 2.75) is 33.6 Å². The van der Waals surface area contributed by atoms with Crippen molar-refractivity contribution in [1.82, 2.24) is 9.80 Å². The third-order valence-corrected chi connectivity index (χ3v) is 5.05. The third-order valence-electron chi connectivity index (χ3n) is 5.05. The van der Waals surface area contributed by atoms with Crippen molar-refractivity contribution in [3.05, 3.63) is 35.5 Å². The van der Waals surface area contributed by atoms with E-state index in [9.17, 15) is 14.4 Å². The highest BCUT2D eigenvalue weighted by Crippen LogP contribution is 2.34. The molecule has 0 saturated carbocycles. The van der Waals surface area contributed by atoms with Gasteiger partial charge in [-0.25, -0.2) is 0 Å². The fourth-order valence-electron chi connectivity index (χ4n) is 3.56. The zero-order chi connectivity index (χ0) is 18.8. The van der Waals surface area contributed by atoms with Crippen molar-refractivity contribution in [2.24, 2.45) is 5.92 Å². The van der Waals surface area contributed by atoms with Crippen LogP contribution in [0.15, 0.2) is 30.0 Å². The predicted molar refractivity (Wildman–Crippen MR) is 100 cm³/mol. The van der Waals surface area contributed by atoms with Gasteiger partial charge in [0.2, 0.25) is 5.91 Å². The summed E-state index contributed by atoms with van der Waals surface area (Å²) >= 11 is 0. The van der Waals surface area contributed by atoms with Gasteiger partial charge in [0, 0.05) is 32.2 Å². The number of carbonyl (C=O) groups excluding carboxylic acids is 3. The van der Waals surface area contributed by atoms with Gasteiger partial charge in [0.25, 0.3) is 11.8 Å². The number of hydrogen-bond donors (Lipinski definition) is 1. The molecule has 0 aromatic heterocycles. The molecule has 6 nitrogen and oxygen atoms in total. The summed E-state index contributed by atoms with van der Waals surface area (Å²) < 4.78 is 0. The molecule has 26 heavy (non-hydrogen) atoms. The molecule has 3 amide bonds. The van der Waals surface area contributed by atoms with Crippen LogP contribution in [0.4, 0.5) is 5.69 Å². The van der Waals surface area contributed by atoms with Gasteiger partial charge in [-0.1, -0.05) is 19.1 Å². The highest BCUT2D eigenvalue weighted by molar-refractivity contribution is 6.35. The Morgan fingerprint density at radius 2 is 1.73 bits per heavy atom. The lowest BCUT2D eigenvalue weighted by Gasteiger charge is -2.32. The number of rotatable bonds is 4. The molecule has 1 aromatic carbocycles. The van der Waals surface area contributed by atoms with E-state index in [1.165, 1.54) is 11.8 Å². The molecular weight excluding hydrogens is 330 g/mol. The Morgan fingerprint density at radius 3 is 2.27 bits per heavy atom. The Kier molecular flexibility index (Phi) is 5.11. The molecule has 0 unspecified atom stereocenters. The van der Waals surface area contributed by atoms with E-state index in [-0.39, 0.29) is 17.7 Å². The van der Waals surface area contributed by atoms with Gasteiger partial charge in [-0.2, -0.15) is 0 Å². The number of imide groups is 1. The number of nitrogens with zero attached hydrogens (tertiary/aromatic N) is 2. The highest BCUT2D eigenvalue weighted by atomic mass is 16.2. The summed E-state index contributed by atoms with van der Waals surface area (Å²) in [6, 6.07) is 7.09. The second-order valence-electron chi connectivity index (χ2n) is 7.01. The van der Waals surface area contributed by atoms with Gasteiger partial charge >= 0.3 is 0 Å². The summed E-state index contributed by atoms with van der Waals surface area (Å²) in [5, 5.41) is 2.71. The third kappa shape index (κ3) is 3.36. The average molecular weight is 355 g/mol. The smallest absolute Gasteiger partial charge is 0.277 e. The molecule has 1 N–H and O–H groups in total. The lowest BCUT2D eigenvalue weighted by atomic mass is 9.97. The maximum absolute atomic E-state index is 12.9. The Labute approximate surface area is 153 Å². The van der Waals surface area contributed by atoms with Crippen molar-refractivity contribution in [3.8, 4) is 0 Å². The summed E-state index contributed by atoms with van der Waals surface area (Å²) in [6.07, 6.45) is 2.04. The van der Waals surface area contributed by atoms with Crippen LogP contribution in [0.5, 0.6) is 0 Å². The minimum Gasteiger partial charge on any atom is -0.366 e. The van der Waals surface area contributed by atoms with Crippen LogP contribution in [0.25, 0.3) is 5.57 Å². The summed E-state index contributed by atoms with van der Waals surface area (Å²) in [5.74, 6) is 0.0532. The van der Waals surface area contributed by atoms with Gasteiger partial charge < -0.3 is 10.2 Å². The van der Waals surface area contributed by atoms with Crippen LogP contribution in [-0.2, 0) is 14.4 Å². The van der Waals surface area contributed by atoms with Crippen molar-refractivity contribution >= 4 is 29.0 Å². The Balaban J connectivity index is 1.99. The molecule has 1 aromatic rings. The van der Waals surface area contributed by atoms with E-state index in [0.29, 0.717) is 35.0 Å². The number of piperidine rings is 1. The van der Waals surface area contributed by atoms with Crippen LogP contribution in [0, 0.1) is 5.92 Å². The Bertz CT molecular complexity index is 759. The highest BCUT2D eigenvalue weighted by Gasteiger charge is 2.41. The minimum atomic E-state index is -0.238. The van der Waals surface area contributed by atoms with Crippen LogP contribution in [0.2, 0.25) is 0 Å². The van der Waals surface area contributed by atoms with Crippen molar-refractivity contribution in [3.63, 3.8) is 0 Å². The van der Waals surface area contributed by atoms with Gasteiger partial charge in [0.15, 0.2) is 0 Å². The number of benzene rings is 1. The fourth-order valence-corrected chi connectivity index (χ4v) is 3.56. The number of carbonyl (C=O) groups is 3. The van der Waals surface area contributed by atoms with E-state index in [1.54, 1.807) is 24.3 Å². The SMILES string of the molecule is CCN1C(=O)C(c2ccc(NC(C)=O)cc2)=C(N2CCC(C)CC2)C1=O. The predicted octanol–water partition coefficient (Wildman–Crippen LogP) is 2.48. The topological polar surface area (TPSA) is 69.7 Å². The Morgan fingerprint density at radius 1 is 1.12 bits per heavy atom. The van der Waals surface area contributed by atoms with Crippen LogP contribution < -0.4 is 5.32 Å². The molecular formula is C20H25N3O3. The van der Waals surface area contributed by atoms with Crippen molar-refractivity contribution in [1.29, 1.82) is 0 Å². The second-order valence-corrected chi connectivity index (χ2v) is 7.01. The Hall–Kier alpha value is -2.63. The van der Waals surface area contributed by atoms with Crippen LogP contribution >= 0.6 is 0 Å². The zero-order valence-corrected chi connectivity index (χ0v) is 15.5. The molecule has 138 valence electrons. The maximum atomic E-state index is 12.9. The number of nitrogens with one attached hydrogen (secondary N) is 1. The standard InChI is InChI=1S/C20H25N3O3/c1-4-23-19(25)17(15-5-7-16(8-6-15)21-14(3)24)18(20(23)26)22-11-9-13(2)10-12-22/h5-8,13H,4,9-12H2,1-3H3,(H,21,24). The zero-order valence-electron chi connectivity index (χ0n) is 15.5. The van der Waals surface area contributed by atoms with Gasteiger partial charge in [-0.15, -0.1) is 0 Å². The molecule has 2 aliphatic rings. The molecule has 1 saturated heterocycles. The maximum Gasteiger partial charge on any atom is 0.277 e. The largest absolute Gasteiger partial charge is 0.366 e. The van der Waals surface area contributed by atoms with Crippen LogP contribution in [-0.4, -0.2) is 47.2 Å². The van der Waals surface area contributed by atoms with E-state index in [4.69, 9.17) is 0 Å². The first-order valence-corrected chi connectivity index (χ1v) is 9.15. The van der Waals surface area contributed by atoms with E-state index < -0.39 is 0 Å². The number of likely N-dealkylation sites (tertiary alicyclic amines) is 1. The van der Waals surface area contributed by atoms with E-state index in [0.717, 1.165) is 25.9 Å². The molecule has 0 bridgehead atoms. The number of likely N-dealkylation sites (N-methyl/N-ethyl adjacent to an activating group) is 1. The first-order chi connectivity index (χ1) is 12.4. The number of amides is 3. The quantitative estimate of drug-likeness (QED) is 0.843. The fraction of sp³-hybridized carbons (Fsp3) is 0.450. The molecule has 3 rings (SSSR count). The van der Waals surface area contributed by atoms with Gasteiger partial charge in [-0.05, 0) is 43.4 Å². The lowest BCUT2D eigenvalue weighted by Crippen LogP contribution is -2.38. The van der Waals surface area contributed by atoms with Crippen LogP contribution in [0.3, 0.4) is 0 Å². The summed E-state index contributed by atoms with van der Waals surface area (Å²) in [5.41, 5.74) is 2.37. The second kappa shape index (κ2) is 7.32. The number of hydrogen-bond acceptors (Lipinski definition) is 4. The molecule has 1 fully saturated rings. The van der Waals surface area contributed by atoms with Crippen molar-refractivity contribution < 1.29 is 14.4 Å². The first kappa shape index (κ1) is 18.2. The number of anilines is 1. The summed E-state index contributed by atoms with van der Waals surface area (Å²) in [4.78, 5) is 40.3. The monoisotopic (exact) mass is 355 g/mol. The van der Waals surface area contributed by atoms with E-state index in [2.05, 4.69) is 17.1 Å². The van der Waals surface area contributed by atoms with E-state index >= 15 is 0 Å². The van der Waals surface area contributed by atoms with Gasteiger partial charge in [0.05, 0.1) is 5.57 Å². The van der Waals surface area contributed by atoms with E-state index in [1.807, 2.05) is 6.92 Å². The summed E-state index contributed by atoms with van der Waals surface area (Å²) in [6.45, 7) is 7.42. The van der Waals surface area contributed by atoms with Gasteiger partial charge in [0.1, 0.15) is 5.70 Å². The van der Waals surface area contributed by atoms with Crippen molar-refractivity contribution in [2.75, 3.05) is 25.0 Å². The molecule has 2 aliphatic heterocycles. The first-order valence-electron chi connectivity index (χ1n) is 9.15. The normalized spacial score (nSPS) is 18.7. The molecule has 2 heterocycles. The summed E-state index contributed by atoms with van der Waals surface area (Å²) in [7, 11) is 0. The van der Waals surface area contributed by atoms with Crippen LogP contribution in [0.1, 0.15) is 39.2 Å². The molecule has 0 radical (unpaired) electrons. The minimum absolute atomic E-state index is 0.149. The molecule has 0 atom stereocenters. The van der Waals surface area contributed by atoms with Gasteiger partial charge in [-0.3, -0.25) is 19.3 Å².